The van der Waals surface area contributed by atoms with Gasteiger partial charge in [0.2, 0.25) is 0 Å². The predicted octanol–water partition coefficient (Wildman–Crippen LogP) is 4.87. The number of hydrogen-bond acceptors (Lipinski definition) is 2. The fourth-order valence-corrected chi connectivity index (χ4v) is 2.48. The zero-order valence-corrected chi connectivity index (χ0v) is 13.9. The Morgan fingerprint density at radius 1 is 1.00 bits per heavy atom. The number of hydrogen-bond donors (Lipinski definition) is 2. The average molecular weight is 422 g/mol. The largest absolute Gasteiger partial charge is 0.389 e. The lowest BCUT2D eigenvalue weighted by Gasteiger charge is -2.11. The van der Waals surface area contributed by atoms with E-state index in [4.69, 9.17) is 18.0 Å². The SMILES string of the molecule is NC(=S)c1ccc(Nc2cc(Br)c(F)cc2F)c(Br)c1. The molecule has 0 saturated heterocycles. The smallest absolute Gasteiger partial charge is 0.149 e. The first-order chi connectivity index (χ1) is 9.38. The lowest BCUT2D eigenvalue weighted by molar-refractivity contribution is 0.581. The maximum absolute atomic E-state index is 13.7. The second-order valence-electron chi connectivity index (χ2n) is 3.93. The van der Waals surface area contributed by atoms with Crippen LogP contribution in [0.5, 0.6) is 0 Å². The van der Waals surface area contributed by atoms with Crippen molar-refractivity contribution in [2.75, 3.05) is 5.32 Å². The van der Waals surface area contributed by atoms with Crippen molar-refractivity contribution in [3.63, 3.8) is 0 Å². The molecule has 0 radical (unpaired) electrons. The number of anilines is 2. The number of benzene rings is 2. The number of nitrogens with one attached hydrogen (secondary N) is 1. The molecule has 3 N–H and O–H groups in total. The van der Waals surface area contributed by atoms with Crippen LogP contribution in [0.2, 0.25) is 0 Å². The van der Waals surface area contributed by atoms with Crippen LogP contribution in [-0.2, 0) is 0 Å². The molecule has 104 valence electrons. The molecular formula is C13H8Br2F2N2S. The Balaban J connectivity index is 2.35. The van der Waals surface area contributed by atoms with E-state index in [-0.39, 0.29) is 15.1 Å². The summed E-state index contributed by atoms with van der Waals surface area (Å²) in [5, 5.41) is 2.87. The van der Waals surface area contributed by atoms with Gasteiger partial charge in [0.05, 0.1) is 15.8 Å². The van der Waals surface area contributed by atoms with Crippen LogP contribution in [0.4, 0.5) is 20.2 Å². The summed E-state index contributed by atoms with van der Waals surface area (Å²) < 4.78 is 27.7. The van der Waals surface area contributed by atoms with Gasteiger partial charge in [0.1, 0.15) is 16.6 Å². The molecule has 2 rings (SSSR count). The maximum atomic E-state index is 13.7. The number of halogens is 4. The summed E-state index contributed by atoms with van der Waals surface area (Å²) >= 11 is 11.2. The molecule has 0 unspecified atom stereocenters. The first-order valence-corrected chi connectivity index (χ1v) is 7.39. The van der Waals surface area contributed by atoms with Gasteiger partial charge in [0.15, 0.2) is 0 Å². The van der Waals surface area contributed by atoms with Gasteiger partial charge in [-0.25, -0.2) is 8.78 Å². The van der Waals surface area contributed by atoms with Crippen molar-refractivity contribution in [1.82, 2.24) is 0 Å². The third-order valence-corrected chi connectivity index (χ3v) is 4.03. The summed E-state index contributed by atoms with van der Waals surface area (Å²) in [6.07, 6.45) is 0. The van der Waals surface area contributed by atoms with E-state index in [9.17, 15) is 8.78 Å². The quantitative estimate of drug-likeness (QED) is 0.548. The Morgan fingerprint density at radius 2 is 1.70 bits per heavy atom. The highest BCUT2D eigenvalue weighted by Crippen LogP contribution is 2.30. The van der Waals surface area contributed by atoms with E-state index in [1.54, 1.807) is 18.2 Å². The van der Waals surface area contributed by atoms with Crippen LogP contribution in [0.1, 0.15) is 5.56 Å². The van der Waals surface area contributed by atoms with E-state index >= 15 is 0 Å². The van der Waals surface area contributed by atoms with Crippen LogP contribution in [0.3, 0.4) is 0 Å². The van der Waals surface area contributed by atoms with Crippen molar-refractivity contribution < 1.29 is 8.78 Å². The summed E-state index contributed by atoms with van der Waals surface area (Å²) in [4.78, 5) is 0.271. The summed E-state index contributed by atoms with van der Waals surface area (Å²) in [5.41, 5.74) is 6.99. The standard InChI is InChI=1S/C13H8Br2F2N2S/c14-7-4-12(10(17)5-9(7)16)19-11-2-1-6(13(18)20)3-8(11)15/h1-5,19H,(H2,18,20). The summed E-state index contributed by atoms with van der Waals surface area (Å²) in [6, 6.07) is 7.28. The highest BCUT2D eigenvalue weighted by molar-refractivity contribution is 9.10. The van der Waals surface area contributed by atoms with Crippen LogP contribution >= 0.6 is 44.1 Å². The zero-order chi connectivity index (χ0) is 14.9. The molecule has 0 aliphatic carbocycles. The van der Waals surface area contributed by atoms with Crippen molar-refractivity contribution in [3.05, 3.63) is 56.5 Å². The van der Waals surface area contributed by atoms with E-state index in [1.165, 1.54) is 6.07 Å². The second kappa shape index (κ2) is 6.15. The lowest BCUT2D eigenvalue weighted by Crippen LogP contribution is -2.09. The van der Waals surface area contributed by atoms with Gasteiger partial charge in [-0.2, -0.15) is 0 Å². The van der Waals surface area contributed by atoms with E-state index in [2.05, 4.69) is 37.2 Å². The Morgan fingerprint density at radius 3 is 2.30 bits per heavy atom. The summed E-state index contributed by atoms with van der Waals surface area (Å²) in [5.74, 6) is -1.34. The molecule has 0 bridgehead atoms. The van der Waals surface area contributed by atoms with E-state index < -0.39 is 11.6 Å². The van der Waals surface area contributed by atoms with Crippen molar-refractivity contribution in [2.24, 2.45) is 5.73 Å². The number of thiocarbonyl (C=S) groups is 1. The number of rotatable bonds is 3. The van der Waals surface area contributed by atoms with Crippen LogP contribution in [0.15, 0.2) is 39.3 Å². The zero-order valence-electron chi connectivity index (χ0n) is 9.88. The minimum Gasteiger partial charge on any atom is -0.389 e. The molecule has 7 heteroatoms. The molecule has 0 atom stereocenters. The monoisotopic (exact) mass is 420 g/mol. The Labute approximate surface area is 136 Å². The molecule has 20 heavy (non-hydrogen) atoms. The van der Waals surface area contributed by atoms with Gasteiger partial charge in [0, 0.05) is 16.1 Å². The highest BCUT2D eigenvalue weighted by Gasteiger charge is 2.10. The molecule has 0 amide bonds. The van der Waals surface area contributed by atoms with Crippen molar-refractivity contribution in [3.8, 4) is 0 Å². The van der Waals surface area contributed by atoms with Crippen LogP contribution in [-0.4, -0.2) is 4.99 Å². The van der Waals surface area contributed by atoms with E-state index in [0.29, 0.717) is 15.7 Å². The Hall–Kier alpha value is -1.05. The first kappa shape index (κ1) is 15.3. The van der Waals surface area contributed by atoms with Crippen LogP contribution in [0, 0.1) is 11.6 Å². The maximum Gasteiger partial charge on any atom is 0.149 e. The summed E-state index contributed by atoms with van der Waals surface area (Å²) in [6.45, 7) is 0. The molecule has 0 heterocycles. The van der Waals surface area contributed by atoms with Gasteiger partial charge < -0.3 is 11.1 Å². The molecule has 0 spiro atoms. The molecule has 2 nitrogen and oxygen atoms in total. The normalized spacial score (nSPS) is 10.4. The average Bonchev–Trinajstić information content (AvgIpc) is 2.37. The van der Waals surface area contributed by atoms with Gasteiger partial charge in [0.25, 0.3) is 0 Å². The van der Waals surface area contributed by atoms with Gasteiger partial charge in [-0.1, -0.05) is 12.2 Å². The van der Waals surface area contributed by atoms with Crippen LogP contribution in [0.25, 0.3) is 0 Å². The van der Waals surface area contributed by atoms with E-state index in [1.807, 2.05) is 0 Å². The van der Waals surface area contributed by atoms with E-state index in [0.717, 1.165) is 6.07 Å². The fourth-order valence-electron chi connectivity index (χ4n) is 1.53. The Bertz CT molecular complexity index is 692. The molecule has 0 aromatic heterocycles. The Kier molecular flexibility index (Phi) is 4.72. The van der Waals surface area contributed by atoms with Gasteiger partial charge >= 0.3 is 0 Å². The minimum absolute atomic E-state index is 0.155. The molecule has 2 aromatic rings. The molecule has 0 saturated carbocycles. The fraction of sp³-hybridized carbons (Fsp3) is 0. The van der Waals surface area contributed by atoms with Gasteiger partial charge in [-0.3, -0.25) is 0 Å². The predicted molar refractivity (Wildman–Crippen MR) is 87.4 cm³/mol. The molecule has 0 aliphatic rings. The van der Waals surface area contributed by atoms with Crippen molar-refractivity contribution in [2.45, 2.75) is 0 Å². The van der Waals surface area contributed by atoms with Crippen molar-refractivity contribution >= 4 is 60.4 Å². The minimum atomic E-state index is -0.684. The topological polar surface area (TPSA) is 38.0 Å². The highest BCUT2D eigenvalue weighted by atomic mass is 79.9. The molecule has 0 fully saturated rings. The molecular weight excluding hydrogens is 414 g/mol. The second-order valence-corrected chi connectivity index (χ2v) is 6.08. The third kappa shape index (κ3) is 3.34. The third-order valence-electron chi connectivity index (χ3n) is 2.53. The molecule has 0 aliphatic heterocycles. The first-order valence-electron chi connectivity index (χ1n) is 5.39. The van der Waals surface area contributed by atoms with Gasteiger partial charge in [-0.05, 0) is 56.1 Å². The van der Waals surface area contributed by atoms with Gasteiger partial charge in [-0.15, -0.1) is 0 Å². The summed E-state index contributed by atoms with van der Waals surface area (Å²) in [7, 11) is 0. The lowest BCUT2D eigenvalue weighted by atomic mass is 10.2. The molecule has 2 aromatic carbocycles. The van der Waals surface area contributed by atoms with Crippen LogP contribution < -0.4 is 11.1 Å². The van der Waals surface area contributed by atoms with Crippen molar-refractivity contribution in [1.29, 1.82) is 0 Å². The number of nitrogens with two attached hydrogens (primary N) is 1.